The molecule has 0 unspecified atom stereocenters. The Bertz CT molecular complexity index is 940. The molecular weight excluding hydrogens is 404 g/mol. The molecule has 0 aromatic heterocycles. The van der Waals surface area contributed by atoms with Crippen molar-refractivity contribution in [1.29, 1.82) is 0 Å². The maximum Gasteiger partial charge on any atom is 0.278 e. The number of hydrogen-bond acceptors (Lipinski definition) is 5. The molecule has 0 atom stereocenters. The largest absolute Gasteiger partial charge is 0.494 e. The van der Waals surface area contributed by atoms with Crippen molar-refractivity contribution in [1.82, 2.24) is 4.90 Å². The summed E-state index contributed by atoms with van der Waals surface area (Å²) in [5.41, 5.74) is 1.87. The smallest absolute Gasteiger partial charge is 0.278 e. The van der Waals surface area contributed by atoms with E-state index in [0.717, 1.165) is 0 Å². The minimum absolute atomic E-state index is 0.243. The van der Waals surface area contributed by atoms with E-state index in [1.54, 1.807) is 30.3 Å². The van der Waals surface area contributed by atoms with Crippen molar-refractivity contribution in [2.45, 2.75) is 20.3 Å². The van der Waals surface area contributed by atoms with Gasteiger partial charge in [0.25, 0.3) is 11.8 Å². The van der Waals surface area contributed by atoms with Crippen LogP contribution in [0.15, 0.2) is 54.2 Å². The first-order valence-electron chi connectivity index (χ1n) is 9.99. The van der Waals surface area contributed by atoms with Gasteiger partial charge in [-0.15, -0.1) is 0 Å². The predicted molar refractivity (Wildman–Crippen MR) is 117 cm³/mol. The number of hydrogen-bond donors (Lipinski definition) is 1. The molecule has 0 spiro atoms. The lowest BCUT2D eigenvalue weighted by Crippen LogP contribution is -2.34. The fourth-order valence-electron chi connectivity index (χ4n) is 3.22. The SMILES string of the molecule is CCOCCCN1C(=O)C(Nc2cccc(OCC)c2)=C(c2ccc(Cl)cc2)C1=O. The molecule has 3 rings (SSSR count). The van der Waals surface area contributed by atoms with Crippen LogP contribution < -0.4 is 10.1 Å². The number of carbonyl (C=O) groups is 2. The summed E-state index contributed by atoms with van der Waals surface area (Å²) in [6.07, 6.45) is 0.576. The van der Waals surface area contributed by atoms with Crippen molar-refractivity contribution in [3.8, 4) is 5.75 Å². The van der Waals surface area contributed by atoms with E-state index in [2.05, 4.69) is 5.32 Å². The predicted octanol–water partition coefficient (Wildman–Crippen LogP) is 4.36. The highest BCUT2D eigenvalue weighted by atomic mass is 35.5. The topological polar surface area (TPSA) is 67.9 Å². The second-order valence-electron chi connectivity index (χ2n) is 6.66. The van der Waals surface area contributed by atoms with Gasteiger partial charge >= 0.3 is 0 Å². The van der Waals surface area contributed by atoms with Crippen LogP contribution in [0.1, 0.15) is 25.8 Å². The average Bonchev–Trinajstić information content (AvgIpc) is 2.96. The Kier molecular flexibility index (Phi) is 7.49. The molecule has 1 aliphatic rings. The van der Waals surface area contributed by atoms with Crippen molar-refractivity contribution in [2.24, 2.45) is 0 Å². The number of rotatable bonds is 10. The van der Waals surface area contributed by atoms with Gasteiger partial charge in [0, 0.05) is 36.5 Å². The lowest BCUT2D eigenvalue weighted by atomic mass is 10.0. The monoisotopic (exact) mass is 428 g/mol. The molecule has 158 valence electrons. The van der Waals surface area contributed by atoms with Gasteiger partial charge in [0.1, 0.15) is 11.4 Å². The van der Waals surface area contributed by atoms with Crippen LogP contribution in [-0.4, -0.2) is 43.1 Å². The highest BCUT2D eigenvalue weighted by Gasteiger charge is 2.38. The van der Waals surface area contributed by atoms with Crippen LogP contribution in [0.2, 0.25) is 5.02 Å². The first-order valence-corrected chi connectivity index (χ1v) is 10.4. The maximum absolute atomic E-state index is 13.1. The minimum Gasteiger partial charge on any atom is -0.494 e. The molecule has 2 amide bonds. The van der Waals surface area contributed by atoms with Crippen LogP contribution in [0.4, 0.5) is 5.69 Å². The number of anilines is 1. The van der Waals surface area contributed by atoms with E-state index in [1.807, 2.05) is 32.0 Å². The minimum atomic E-state index is -0.358. The Morgan fingerprint density at radius 3 is 2.47 bits per heavy atom. The van der Waals surface area contributed by atoms with Gasteiger partial charge in [-0.3, -0.25) is 14.5 Å². The second kappa shape index (κ2) is 10.3. The summed E-state index contributed by atoms with van der Waals surface area (Å²) in [5, 5.41) is 3.70. The number of carbonyl (C=O) groups excluding carboxylic acids is 2. The Morgan fingerprint density at radius 2 is 1.77 bits per heavy atom. The quantitative estimate of drug-likeness (QED) is 0.450. The molecule has 7 heteroatoms. The molecule has 1 aliphatic heterocycles. The molecule has 1 heterocycles. The Labute approximate surface area is 181 Å². The zero-order valence-corrected chi connectivity index (χ0v) is 17.9. The van der Waals surface area contributed by atoms with Gasteiger partial charge in [0.15, 0.2) is 0 Å². The molecule has 0 aliphatic carbocycles. The van der Waals surface area contributed by atoms with Gasteiger partial charge in [-0.1, -0.05) is 29.8 Å². The van der Waals surface area contributed by atoms with Gasteiger partial charge < -0.3 is 14.8 Å². The first kappa shape index (κ1) is 21.9. The summed E-state index contributed by atoms with van der Waals surface area (Å²) in [4.78, 5) is 27.5. The summed E-state index contributed by atoms with van der Waals surface area (Å²) in [6, 6.07) is 14.2. The van der Waals surface area contributed by atoms with Gasteiger partial charge in [0.2, 0.25) is 0 Å². The van der Waals surface area contributed by atoms with E-state index in [9.17, 15) is 9.59 Å². The fourth-order valence-corrected chi connectivity index (χ4v) is 3.35. The summed E-state index contributed by atoms with van der Waals surface area (Å²) < 4.78 is 10.9. The van der Waals surface area contributed by atoms with E-state index >= 15 is 0 Å². The van der Waals surface area contributed by atoms with Crippen LogP contribution in [0.3, 0.4) is 0 Å². The van der Waals surface area contributed by atoms with Crippen LogP contribution in [0.25, 0.3) is 5.57 Å². The third-order valence-electron chi connectivity index (χ3n) is 4.59. The molecular formula is C23H25ClN2O4. The van der Waals surface area contributed by atoms with Crippen LogP contribution >= 0.6 is 11.6 Å². The molecule has 0 radical (unpaired) electrons. The molecule has 1 N–H and O–H groups in total. The zero-order chi connectivity index (χ0) is 21.5. The van der Waals surface area contributed by atoms with Gasteiger partial charge in [-0.25, -0.2) is 0 Å². The third-order valence-corrected chi connectivity index (χ3v) is 4.84. The molecule has 0 fully saturated rings. The number of benzene rings is 2. The first-order chi connectivity index (χ1) is 14.5. The van der Waals surface area contributed by atoms with Gasteiger partial charge in [-0.05, 0) is 50.1 Å². The number of amides is 2. The van der Waals surface area contributed by atoms with E-state index in [-0.39, 0.29) is 17.5 Å². The van der Waals surface area contributed by atoms with E-state index < -0.39 is 0 Å². The molecule has 6 nitrogen and oxygen atoms in total. The molecule has 30 heavy (non-hydrogen) atoms. The molecule has 0 bridgehead atoms. The summed E-state index contributed by atoms with van der Waals surface area (Å²) in [6.45, 7) is 5.72. The number of imide groups is 1. The second-order valence-corrected chi connectivity index (χ2v) is 7.09. The van der Waals surface area contributed by atoms with Gasteiger partial charge in [0.05, 0.1) is 12.2 Å². The number of ether oxygens (including phenoxy) is 2. The zero-order valence-electron chi connectivity index (χ0n) is 17.1. The Hall–Kier alpha value is -2.83. The van der Waals surface area contributed by atoms with Gasteiger partial charge in [-0.2, -0.15) is 0 Å². The lowest BCUT2D eigenvalue weighted by Gasteiger charge is -2.15. The van der Waals surface area contributed by atoms with Crippen LogP contribution in [0, 0.1) is 0 Å². The van der Waals surface area contributed by atoms with Crippen LogP contribution in [-0.2, 0) is 14.3 Å². The highest BCUT2D eigenvalue weighted by molar-refractivity contribution is 6.36. The Balaban J connectivity index is 1.92. The number of nitrogens with zero attached hydrogens (tertiary/aromatic N) is 1. The number of nitrogens with one attached hydrogen (secondary N) is 1. The van der Waals surface area contributed by atoms with Crippen molar-refractivity contribution >= 4 is 34.7 Å². The normalized spacial score (nSPS) is 13.9. The molecule has 2 aromatic carbocycles. The highest BCUT2D eigenvalue weighted by Crippen LogP contribution is 2.32. The van der Waals surface area contributed by atoms with Crippen molar-refractivity contribution in [2.75, 3.05) is 31.7 Å². The van der Waals surface area contributed by atoms with Crippen molar-refractivity contribution in [3.63, 3.8) is 0 Å². The van der Waals surface area contributed by atoms with E-state index in [4.69, 9.17) is 21.1 Å². The van der Waals surface area contributed by atoms with E-state index in [0.29, 0.717) is 60.4 Å². The third kappa shape index (κ3) is 5.01. The fraction of sp³-hybridized carbons (Fsp3) is 0.304. The summed E-state index contributed by atoms with van der Waals surface area (Å²) in [5.74, 6) is -0.00738. The van der Waals surface area contributed by atoms with E-state index in [1.165, 1.54) is 4.90 Å². The Morgan fingerprint density at radius 1 is 1.00 bits per heavy atom. The molecule has 2 aromatic rings. The average molecular weight is 429 g/mol. The molecule has 0 saturated heterocycles. The summed E-state index contributed by atoms with van der Waals surface area (Å²) >= 11 is 6.00. The number of halogens is 1. The summed E-state index contributed by atoms with van der Waals surface area (Å²) in [7, 11) is 0. The molecule has 0 saturated carbocycles. The van der Waals surface area contributed by atoms with Crippen LogP contribution in [0.5, 0.6) is 5.75 Å². The lowest BCUT2D eigenvalue weighted by molar-refractivity contribution is -0.137. The standard InChI is InChI=1S/C23H25ClN2O4/c1-3-29-14-6-13-26-22(27)20(16-9-11-17(24)12-10-16)21(23(26)28)25-18-7-5-8-19(15-18)30-4-2/h5,7-12,15,25H,3-4,6,13-14H2,1-2H3. The van der Waals surface area contributed by atoms with Crippen molar-refractivity contribution in [3.05, 3.63) is 64.8 Å². The maximum atomic E-state index is 13.1. The van der Waals surface area contributed by atoms with Crippen molar-refractivity contribution < 1.29 is 19.1 Å².